The first-order chi connectivity index (χ1) is 8.24. The topological polar surface area (TPSA) is 67.8 Å². The van der Waals surface area contributed by atoms with Gasteiger partial charge >= 0.3 is 5.97 Å². The molecular weight excluding hydrogens is 222 g/mol. The van der Waals surface area contributed by atoms with E-state index < -0.39 is 5.97 Å². The number of ether oxygens (including phenoxy) is 2. The molecule has 2 aliphatic rings. The Bertz CT molecular complexity index is 253. The predicted octanol–water partition coefficient (Wildman–Crippen LogP) is 0.982. The molecule has 2 aliphatic heterocycles. The minimum absolute atomic E-state index is 0.0298. The Kier molecular flexibility index (Phi) is 4.76. The molecule has 0 radical (unpaired) electrons. The van der Waals surface area contributed by atoms with Gasteiger partial charge in [0.1, 0.15) is 0 Å². The average Bonchev–Trinajstić information content (AvgIpc) is 2.75. The van der Waals surface area contributed by atoms with Crippen LogP contribution in [-0.4, -0.2) is 43.2 Å². The van der Waals surface area contributed by atoms with Gasteiger partial charge in [0.05, 0.1) is 12.7 Å². The van der Waals surface area contributed by atoms with Crippen LogP contribution in [0.2, 0.25) is 0 Å². The van der Waals surface area contributed by atoms with E-state index in [1.807, 2.05) is 0 Å². The first-order valence-electron chi connectivity index (χ1n) is 6.43. The number of carboxylic acids is 1. The maximum absolute atomic E-state index is 10.5. The number of carbonyl (C=O) groups is 1. The van der Waals surface area contributed by atoms with Gasteiger partial charge in [0.25, 0.3) is 0 Å². The Balaban J connectivity index is 1.64. The number of hydrogen-bond acceptors (Lipinski definition) is 4. The van der Waals surface area contributed by atoms with Gasteiger partial charge in [-0.2, -0.15) is 0 Å². The molecule has 0 amide bonds. The number of hydrogen-bond donors (Lipinski definition) is 2. The molecule has 0 aliphatic carbocycles. The molecule has 98 valence electrons. The fourth-order valence-corrected chi connectivity index (χ4v) is 2.46. The van der Waals surface area contributed by atoms with Crippen molar-refractivity contribution in [2.24, 2.45) is 5.92 Å². The lowest BCUT2D eigenvalue weighted by Crippen LogP contribution is -2.30. The highest BCUT2D eigenvalue weighted by atomic mass is 16.7. The second-order valence-electron chi connectivity index (χ2n) is 4.88. The van der Waals surface area contributed by atoms with Crippen molar-refractivity contribution in [3.05, 3.63) is 0 Å². The van der Waals surface area contributed by atoms with Gasteiger partial charge in [-0.05, 0) is 38.3 Å². The lowest BCUT2D eigenvalue weighted by atomic mass is 9.94. The molecule has 2 saturated heterocycles. The van der Waals surface area contributed by atoms with Crippen molar-refractivity contribution in [2.45, 2.75) is 44.5 Å². The van der Waals surface area contributed by atoms with Crippen LogP contribution in [0.25, 0.3) is 0 Å². The van der Waals surface area contributed by atoms with Crippen molar-refractivity contribution < 1.29 is 19.4 Å². The van der Waals surface area contributed by atoms with Crippen molar-refractivity contribution >= 4 is 5.97 Å². The van der Waals surface area contributed by atoms with E-state index in [2.05, 4.69) is 5.32 Å². The highest BCUT2D eigenvalue weighted by Gasteiger charge is 2.28. The van der Waals surface area contributed by atoms with Gasteiger partial charge in [-0.1, -0.05) is 0 Å². The average molecular weight is 243 g/mol. The van der Waals surface area contributed by atoms with Gasteiger partial charge in [-0.3, -0.25) is 4.79 Å². The third-order valence-corrected chi connectivity index (χ3v) is 3.48. The lowest BCUT2D eigenvalue weighted by Gasteiger charge is -2.24. The summed E-state index contributed by atoms with van der Waals surface area (Å²) in [5, 5.41) is 11.9. The highest BCUT2D eigenvalue weighted by molar-refractivity contribution is 5.66. The Morgan fingerprint density at radius 1 is 1.35 bits per heavy atom. The first-order valence-corrected chi connectivity index (χ1v) is 6.43. The van der Waals surface area contributed by atoms with Gasteiger partial charge < -0.3 is 19.9 Å². The summed E-state index contributed by atoms with van der Waals surface area (Å²) in [5.41, 5.74) is 0. The van der Waals surface area contributed by atoms with E-state index in [1.54, 1.807) is 0 Å². The van der Waals surface area contributed by atoms with Crippen LogP contribution in [0.15, 0.2) is 0 Å². The third kappa shape index (κ3) is 4.26. The normalized spacial score (nSPS) is 30.6. The zero-order chi connectivity index (χ0) is 12.1. The Hall–Kier alpha value is -0.650. The number of piperidine rings is 1. The van der Waals surface area contributed by atoms with Crippen molar-refractivity contribution in [3.8, 4) is 0 Å². The molecule has 2 heterocycles. The summed E-state index contributed by atoms with van der Waals surface area (Å²) < 4.78 is 11.3. The van der Waals surface area contributed by atoms with Gasteiger partial charge in [0, 0.05) is 12.8 Å². The second kappa shape index (κ2) is 6.33. The maximum Gasteiger partial charge on any atom is 0.303 e. The third-order valence-electron chi connectivity index (χ3n) is 3.48. The molecule has 2 rings (SSSR count). The molecular formula is C12H21NO4. The number of carboxylic acid groups (broad SMARTS) is 1. The molecule has 2 atom stereocenters. The molecule has 17 heavy (non-hydrogen) atoms. The fourth-order valence-electron chi connectivity index (χ4n) is 2.46. The maximum atomic E-state index is 10.5. The molecule has 2 N–H and O–H groups in total. The van der Waals surface area contributed by atoms with E-state index in [-0.39, 0.29) is 18.8 Å². The predicted molar refractivity (Wildman–Crippen MR) is 61.7 cm³/mol. The Morgan fingerprint density at radius 2 is 2.12 bits per heavy atom. The standard InChI is InChI=1S/C12H21NO4/c14-11(15)2-1-10-8-16-12(17-10)7-9-3-5-13-6-4-9/h9-10,12-13H,1-8H2,(H,14,15). The summed E-state index contributed by atoms with van der Waals surface area (Å²) in [4.78, 5) is 10.5. The van der Waals surface area contributed by atoms with E-state index in [4.69, 9.17) is 14.6 Å². The van der Waals surface area contributed by atoms with Crippen LogP contribution in [0.3, 0.4) is 0 Å². The molecule has 5 heteroatoms. The quantitative estimate of drug-likeness (QED) is 0.753. The minimum atomic E-state index is -0.768. The molecule has 5 nitrogen and oxygen atoms in total. The molecule has 0 spiro atoms. The van der Waals surface area contributed by atoms with E-state index >= 15 is 0 Å². The van der Waals surface area contributed by atoms with Gasteiger partial charge in [0.15, 0.2) is 6.29 Å². The number of aliphatic carboxylic acids is 1. The van der Waals surface area contributed by atoms with Crippen LogP contribution in [-0.2, 0) is 14.3 Å². The number of nitrogens with one attached hydrogen (secondary N) is 1. The minimum Gasteiger partial charge on any atom is -0.481 e. The smallest absolute Gasteiger partial charge is 0.303 e. The summed E-state index contributed by atoms with van der Waals surface area (Å²) in [7, 11) is 0. The SMILES string of the molecule is O=C(O)CCC1COC(CC2CCNCC2)O1. The van der Waals surface area contributed by atoms with E-state index in [9.17, 15) is 4.79 Å². The summed E-state index contributed by atoms with van der Waals surface area (Å²) in [5.74, 6) is -0.0881. The molecule has 0 aromatic heterocycles. The summed E-state index contributed by atoms with van der Waals surface area (Å²) in [6.07, 6.45) is 3.89. The molecule has 0 saturated carbocycles. The van der Waals surface area contributed by atoms with Crippen LogP contribution in [0, 0.1) is 5.92 Å². The monoisotopic (exact) mass is 243 g/mol. The zero-order valence-corrected chi connectivity index (χ0v) is 10.1. The molecule has 0 bridgehead atoms. The van der Waals surface area contributed by atoms with Crippen LogP contribution >= 0.6 is 0 Å². The van der Waals surface area contributed by atoms with Gasteiger partial charge in [0.2, 0.25) is 0 Å². The molecule has 2 fully saturated rings. The summed E-state index contributed by atoms with van der Waals surface area (Å²) in [6.45, 7) is 2.71. The highest BCUT2D eigenvalue weighted by Crippen LogP contribution is 2.25. The van der Waals surface area contributed by atoms with Crippen LogP contribution in [0.5, 0.6) is 0 Å². The zero-order valence-electron chi connectivity index (χ0n) is 10.1. The van der Waals surface area contributed by atoms with Gasteiger partial charge in [-0.15, -0.1) is 0 Å². The van der Waals surface area contributed by atoms with Crippen molar-refractivity contribution in [2.75, 3.05) is 19.7 Å². The molecule has 2 unspecified atom stereocenters. The van der Waals surface area contributed by atoms with Crippen LogP contribution in [0.1, 0.15) is 32.1 Å². The summed E-state index contributed by atoms with van der Waals surface area (Å²) in [6, 6.07) is 0. The van der Waals surface area contributed by atoms with Crippen LogP contribution in [0.4, 0.5) is 0 Å². The lowest BCUT2D eigenvalue weighted by molar-refractivity contribution is -0.138. The number of rotatable bonds is 5. The summed E-state index contributed by atoms with van der Waals surface area (Å²) >= 11 is 0. The van der Waals surface area contributed by atoms with E-state index in [0.717, 1.165) is 19.5 Å². The molecule has 0 aromatic carbocycles. The van der Waals surface area contributed by atoms with Crippen molar-refractivity contribution in [3.63, 3.8) is 0 Å². The van der Waals surface area contributed by atoms with Crippen molar-refractivity contribution in [1.82, 2.24) is 5.32 Å². The Labute approximate surface area is 101 Å². The fraction of sp³-hybridized carbons (Fsp3) is 0.917. The van der Waals surface area contributed by atoms with Crippen LogP contribution < -0.4 is 5.32 Å². The van der Waals surface area contributed by atoms with Gasteiger partial charge in [-0.25, -0.2) is 0 Å². The Morgan fingerprint density at radius 3 is 2.82 bits per heavy atom. The first kappa shape index (κ1) is 12.8. The van der Waals surface area contributed by atoms with Crippen molar-refractivity contribution in [1.29, 1.82) is 0 Å². The van der Waals surface area contributed by atoms with E-state index in [1.165, 1.54) is 12.8 Å². The largest absolute Gasteiger partial charge is 0.481 e. The molecule has 0 aromatic rings. The second-order valence-corrected chi connectivity index (χ2v) is 4.88. The van der Waals surface area contributed by atoms with E-state index in [0.29, 0.717) is 18.9 Å².